The lowest BCUT2D eigenvalue weighted by atomic mass is 10.1. The molecule has 2 N–H and O–H groups in total. The number of rotatable bonds is 4. The van der Waals surface area contributed by atoms with Gasteiger partial charge in [0.2, 0.25) is 5.91 Å². The summed E-state index contributed by atoms with van der Waals surface area (Å²) in [7, 11) is 0. The molecule has 1 aromatic carbocycles. The van der Waals surface area contributed by atoms with Gasteiger partial charge in [-0.25, -0.2) is 0 Å². The first-order valence-electron chi connectivity index (χ1n) is 6.31. The zero-order valence-electron chi connectivity index (χ0n) is 10.4. The molecular formula is C14H16BrNO3. The molecule has 0 spiro atoms. The van der Waals surface area contributed by atoms with Gasteiger partial charge in [-0.15, -0.1) is 0 Å². The van der Waals surface area contributed by atoms with Crippen LogP contribution in [0.2, 0.25) is 0 Å². The van der Waals surface area contributed by atoms with E-state index >= 15 is 0 Å². The molecule has 0 radical (unpaired) electrons. The Balaban J connectivity index is 1.84. The van der Waals surface area contributed by atoms with E-state index in [1.165, 1.54) is 0 Å². The van der Waals surface area contributed by atoms with Crippen LogP contribution in [0.4, 0.5) is 0 Å². The Hall–Kier alpha value is -1.36. The lowest BCUT2D eigenvalue weighted by molar-refractivity contribution is -0.141. The van der Waals surface area contributed by atoms with Crippen LogP contribution >= 0.6 is 15.9 Å². The smallest absolute Gasteiger partial charge is 0.306 e. The van der Waals surface area contributed by atoms with Gasteiger partial charge in [-0.2, -0.15) is 0 Å². The van der Waals surface area contributed by atoms with Crippen molar-refractivity contribution in [3.63, 3.8) is 0 Å². The summed E-state index contributed by atoms with van der Waals surface area (Å²) >= 11 is 3.37. The summed E-state index contributed by atoms with van der Waals surface area (Å²) in [5.74, 6) is -1.12. The fraction of sp³-hybridized carbons (Fsp3) is 0.429. The summed E-state index contributed by atoms with van der Waals surface area (Å²) in [6.45, 7) is 0. The van der Waals surface area contributed by atoms with Gasteiger partial charge in [0.1, 0.15) is 0 Å². The Morgan fingerprint density at radius 3 is 2.79 bits per heavy atom. The maximum atomic E-state index is 11.9. The van der Waals surface area contributed by atoms with Gasteiger partial charge in [0.15, 0.2) is 0 Å². The molecule has 19 heavy (non-hydrogen) atoms. The molecule has 1 aromatic rings. The summed E-state index contributed by atoms with van der Waals surface area (Å²) in [4.78, 5) is 22.7. The van der Waals surface area contributed by atoms with Crippen molar-refractivity contribution in [2.24, 2.45) is 5.92 Å². The molecule has 0 bridgehead atoms. The number of carboxylic acids is 1. The summed E-state index contributed by atoms with van der Waals surface area (Å²) in [5.41, 5.74) is 0.944. The van der Waals surface area contributed by atoms with Gasteiger partial charge in [-0.1, -0.05) is 28.1 Å². The van der Waals surface area contributed by atoms with E-state index in [4.69, 9.17) is 5.11 Å². The standard InChI is InChI=1S/C14H16BrNO3/c15-11-3-1-2-9(6-11)7-13(17)16-12-5-4-10(8-12)14(18)19/h1-3,6,10,12H,4-5,7-8H2,(H,16,17)(H,18,19). The molecule has 1 aliphatic carbocycles. The van der Waals surface area contributed by atoms with E-state index in [0.29, 0.717) is 19.3 Å². The molecule has 2 atom stereocenters. The van der Waals surface area contributed by atoms with Crippen LogP contribution in [0.5, 0.6) is 0 Å². The third-order valence-corrected chi connectivity index (χ3v) is 3.89. The monoisotopic (exact) mass is 325 g/mol. The summed E-state index contributed by atoms with van der Waals surface area (Å²) < 4.78 is 0.949. The number of hydrogen-bond acceptors (Lipinski definition) is 2. The van der Waals surface area contributed by atoms with Crippen molar-refractivity contribution < 1.29 is 14.7 Å². The average molecular weight is 326 g/mol. The minimum absolute atomic E-state index is 0.000697. The van der Waals surface area contributed by atoms with Crippen molar-refractivity contribution in [3.05, 3.63) is 34.3 Å². The Labute approximate surface area is 120 Å². The Kier molecular flexibility index (Phi) is 4.58. The third-order valence-electron chi connectivity index (χ3n) is 3.40. The van der Waals surface area contributed by atoms with Gasteiger partial charge in [-0.3, -0.25) is 9.59 Å². The predicted molar refractivity (Wildman–Crippen MR) is 74.8 cm³/mol. The maximum Gasteiger partial charge on any atom is 0.306 e. The van der Waals surface area contributed by atoms with Crippen LogP contribution in [0.3, 0.4) is 0 Å². The van der Waals surface area contributed by atoms with E-state index in [0.717, 1.165) is 16.5 Å². The van der Waals surface area contributed by atoms with Gasteiger partial charge in [-0.05, 0) is 37.0 Å². The second-order valence-corrected chi connectivity index (χ2v) is 5.84. The number of carbonyl (C=O) groups is 2. The Morgan fingerprint density at radius 2 is 2.16 bits per heavy atom. The lowest BCUT2D eigenvalue weighted by Gasteiger charge is -2.12. The van der Waals surface area contributed by atoms with E-state index in [2.05, 4.69) is 21.2 Å². The Morgan fingerprint density at radius 1 is 1.37 bits per heavy atom. The van der Waals surface area contributed by atoms with Crippen LogP contribution in [0, 0.1) is 5.92 Å². The van der Waals surface area contributed by atoms with Crippen molar-refractivity contribution in [1.82, 2.24) is 5.32 Å². The molecule has 1 fully saturated rings. The summed E-state index contributed by atoms with van der Waals surface area (Å²) in [5, 5.41) is 11.8. The zero-order valence-corrected chi connectivity index (χ0v) is 12.0. The number of carbonyl (C=O) groups excluding carboxylic acids is 1. The first-order valence-corrected chi connectivity index (χ1v) is 7.10. The van der Waals surface area contributed by atoms with Gasteiger partial charge < -0.3 is 10.4 Å². The molecule has 0 aliphatic heterocycles. The van der Waals surface area contributed by atoms with Gasteiger partial charge in [0.25, 0.3) is 0 Å². The number of carboxylic acid groups (broad SMARTS) is 1. The van der Waals surface area contributed by atoms with Gasteiger partial charge >= 0.3 is 5.97 Å². The zero-order chi connectivity index (χ0) is 13.8. The van der Waals surface area contributed by atoms with E-state index in [1.807, 2.05) is 24.3 Å². The quantitative estimate of drug-likeness (QED) is 0.893. The molecule has 1 aliphatic rings. The largest absolute Gasteiger partial charge is 0.481 e. The first-order chi connectivity index (χ1) is 9.04. The Bertz CT molecular complexity index is 489. The molecule has 0 saturated heterocycles. The molecule has 2 unspecified atom stereocenters. The highest BCUT2D eigenvalue weighted by Crippen LogP contribution is 2.25. The molecular weight excluding hydrogens is 310 g/mol. The molecule has 1 saturated carbocycles. The number of nitrogens with one attached hydrogen (secondary N) is 1. The van der Waals surface area contributed by atoms with Crippen LogP contribution < -0.4 is 5.32 Å². The molecule has 102 valence electrons. The number of hydrogen-bond donors (Lipinski definition) is 2. The van der Waals surface area contributed by atoms with Crippen LogP contribution in [0.25, 0.3) is 0 Å². The van der Waals surface area contributed by atoms with Crippen molar-refractivity contribution in [1.29, 1.82) is 0 Å². The number of benzene rings is 1. The minimum Gasteiger partial charge on any atom is -0.481 e. The molecule has 1 amide bonds. The average Bonchev–Trinajstić information content (AvgIpc) is 2.77. The van der Waals surface area contributed by atoms with Crippen LogP contribution in [-0.4, -0.2) is 23.0 Å². The van der Waals surface area contributed by atoms with Crippen LogP contribution in [-0.2, 0) is 16.0 Å². The third kappa shape index (κ3) is 4.06. The summed E-state index contributed by atoms with van der Waals surface area (Å²) in [6.07, 6.45) is 2.27. The first kappa shape index (κ1) is 14.1. The predicted octanol–water partition coefficient (Wildman–Crippen LogP) is 2.36. The number of amides is 1. The lowest BCUT2D eigenvalue weighted by Crippen LogP contribution is -2.34. The number of halogens is 1. The van der Waals surface area contributed by atoms with E-state index < -0.39 is 5.97 Å². The molecule has 2 rings (SSSR count). The normalized spacial score (nSPS) is 22.2. The minimum atomic E-state index is -0.760. The summed E-state index contributed by atoms with van der Waals surface area (Å²) in [6, 6.07) is 7.62. The highest BCUT2D eigenvalue weighted by atomic mass is 79.9. The molecule has 4 nitrogen and oxygen atoms in total. The second-order valence-electron chi connectivity index (χ2n) is 4.92. The highest BCUT2D eigenvalue weighted by molar-refractivity contribution is 9.10. The fourth-order valence-corrected chi connectivity index (χ4v) is 2.89. The van der Waals surface area contributed by atoms with E-state index in [-0.39, 0.29) is 17.9 Å². The SMILES string of the molecule is O=C(Cc1cccc(Br)c1)NC1CCC(C(=O)O)C1. The fourth-order valence-electron chi connectivity index (χ4n) is 2.45. The van der Waals surface area contributed by atoms with Crippen molar-refractivity contribution in [2.75, 3.05) is 0 Å². The van der Waals surface area contributed by atoms with Crippen molar-refractivity contribution in [2.45, 2.75) is 31.7 Å². The van der Waals surface area contributed by atoms with Crippen LogP contribution in [0.1, 0.15) is 24.8 Å². The highest BCUT2D eigenvalue weighted by Gasteiger charge is 2.30. The molecule has 0 heterocycles. The molecule has 5 heteroatoms. The van der Waals surface area contributed by atoms with Gasteiger partial charge in [0, 0.05) is 10.5 Å². The van der Waals surface area contributed by atoms with Crippen molar-refractivity contribution >= 4 is 27.8 Å². The van der Waals surface area contributed by atoms with Gasteiger partial charge in [0.05, 0.1) is 12.3 Å². The number of aliphatic carboxylic acids is 1. The van der Waals surface area contributed by atoms with Crippen molar-refractivity contribution in [3.8, 4) is 0 Å². The maximum absolute atomic E-state index is 11.9. The second kappa shape index (κ2) is 6.19. The topological polar surface area (TPSA) is 66.4 Å². The van der Waals surface area contributed by atoms with Crippen LogP contribution in [0.15, 0.2) is 28.7 Å². The van der Waals surface area contributed by atoms with E-state index in [1.54, 1.807) is 0 Å². The molecule has 0 aromatic heterocycles. The van der Waals surface area contributed by atoms with E-state index in [9.17, 15) is 9.59 Å².